The fourth-order valence-electron chi connectivity index (χ4n) is 4.00. The summed E-state index contributed by atoms with van der Waals surface area (Å²) in [6.07, 6.45) is 2.93. The van der Waals surface area contributed by atoms with Crippen LogP contribution in [0, 0.1) is 6.92 Å². The van der Waals surface area contributed by atoms with Crippen molar-refractivity contribution >= 4 is 15.9 Å². The predicted molar refractivity (Wildman–Crippen MR) is 114 cm³/mol. The van der Waals surface area contributed by atoms with Crippen molar-refractivity contribution in [2.45, 2.75) is 30.6 Å². The Morgan fingerprint density at radius 2 is 1.93 bits per heavy atom. The van der Waals surface area contributed by atoms with Gasteiger partial charge in [-0.3, -0.25) is 4.79 Å². The Morgan fingerprint density at radius 1 is 1.13 bits per heavy atom. The van der Waals surface area contributed by atoms with Crippen molar-refractivity contribution in [3.05, 3.63) is 77.5 Å². The highest BCUT2D eigenvalue weighted by atomic mass is 32.2. The van der Waals surface area contributed by atoms with Crippen LogP contribution >= 0.6 is 0 Å². The van der Waals surface area contributed by atoms with Crippen LogP contribution in [0.4, 0.5) is 0 Å². The predicted octanol–water partition coefficient (Wildman–Crippen LogP) is 3.60. The summed E-state index contributed by atoms with van der Waals surface area (Å²) in [5.41, 5.74) is 4.47. The molecule has 1 aliphatic rings. The van der Waals surface area contributed by atoms with Crippen molar-refractivity contribution in [2.24, 2.45) is 0 Å². The van der Waals surface area contributed by atoms with Crippen molar-refractivity contribution < 1.29 is 17.9 Å². The first-order chi connectivity index (χ1) is 14.4. The van der Waals surface area contributed by atoms with Crippen LogP contribution in [0.15, 0.2) is 65.7 Å². The molecule has 0 bridgehead atoms. The first-order valence-electron chi connectivity index (χ1n) is 9.65. The van der Waals surface area contributed by atoms with Crippen molar-refractivity contribution in [2.75, 3.05) is 7.11 Å². The van der Waals surface area contributed by atoms with Crippen LogP contribution in [0.2, 0.25) is 0 Å². The number of ether oxygens (including phenoxy) is 1. The lowest BCUT2D eigenvalue weighted by atomic mass is 9.95. The van der Waals surface area contributed by atoms with Crippen molar-refractivity contribution in [3.8, 4) is 17.0 Å². The molecular formula is C23H22N2O4S. The Hall–Kier alpha value is -3.19. The molecule has 0 saturated heterocycles. The number of fused-ring (bicyclic) bond motifs is 1. The molecule has 0 radical (unpaired) electrons. The molecule has 1 amide bonds. The van der Waals surface area contributed by atoms with Gasteiger partial charge in [0.05, 0.1) is 17.9 Å². The highest BCUT2D eigenvalue weighted by Crippen LogP contribution is 2.39. The van der Waals surface area contributed by atoms with Gasteiger partial charge in [-0.1, -0.05) is 36.4 Å². The van der Waals surface area contributed by atoms with E-state index in [4.69, 9.17) is 4.74 Å². The molecule has 6 nitrogen and oxygen atoms in total. The molecule has 1 heterocycles. The minimum absolute atomic E-state index is 0.120. The second kappa shape index (κ2) is 7.91. The van der Waals surface area contributed by atoms with Crippen molar-refractivity contribution in [3.63, 3.8) is 0 Å². The van der Waals surface area contributed by atoms with Gasteiger partial charge in [0.15, 0.2) is 0 Å². The number of sulfonamides is 1. The number of amides is 1. The van der Waals surface area contributed by atoms with Gasteiger partial charge < -0.3 is 4.74 Å². The standard InChI is InChI=1S/C23H22N2O4S/c1-15-6-3-4-9-21(15)30(27,28)25-23(26)20-11-10-19-17(7-5-8-18(19)20)16-12-13-24-22(14-16)29-2/h3-9,12-14,20H,10-11H2,1-2H3,(H,25,26). The van der Waals surface area contributed by atoms with Crippen molar-refractivity contribution in [1.29, 1.82) is 0 Å². The van der Waals surface area contributed by atoms with Crippen LogP contribution < -0.4 is 9.46 Å². The number of rotatable bonds is 5. The number of methoxy groups -OCH3 is 1. The smallest absolute Gasteiger partial charge is 0.264 e. The average molecular weight is 423 g/mol. The lowest BCUT2D eigenvalue weighted by molar-refractivity contribution is -0.120. The summed E-state index contributed by atoms with van der Waals surface area (Å²) in [5.74, 6) is -0.495. The lowest BCUT2D eigenvalue weighted by Gasteiger charge is -2.15. The number of pyridine rings is 1. The fourth-order valence-corrected chi connectivity index (χ4v) is 5.27. The van der Waals surface area contributed by atoms with Crippen LogP contribution in [0.25, 0.3) is 11.1 Å². The van der Waals surface area contributed by atoms with Gasteiger partial charge >= 0.3 is 0 Å². The molecule has 0 spiro atoms. The van der Waals surface area contributed by atoms with Crippen LogP contribution in [0.3, 0.4) is 0 Å². The lowest BCUT2D eigenvalue weighted by Crippen LogP contribution is -2.34. The highest BCUT2D eigenvalue weighted by Gasteiger charge is 2.33. The van der Waals surface area contributed by atoms with Gasteiger partial charge in [-0.05, 0) is 59.7 Å². The number of aryl methyl sites for hydroxylation is 1. The maximum Gasteiger partial charge on any atom is 0.264 e. The summed E-state index contributed by atoms with van der Waals surface area (Å²) in [6.45, 7) is 1.71. The van der Waals surface area contributed by atoms with Crippen LogP contribution in [0.5, 0.6) is 5.88 Å². The molecule has 4 rings (SSSR count). The van der Waals surface area contributed by atoms with Crippen LogP contribution in [-0.4, -0.2) is 26.4 Å². The molecule has 1 aromatic heterocycles. The van der Waals surface area contributed by atoms with Crippen molar-refractivity contribution in [1.82, 2.24) is 9.71 Å². The third-order valence-electron chi connectivity index (χ3n) is 5.46. The van der Waals surface area contributed by atoms with E-state index < -0.39 is 21.8 Å². The van der Waals surface area contributed by atoms with E-state index in [2.05, 4.69) is 9.71 Å². The Kier molecular flexibility index (Phi) is 5.30. The second-order valence-electron chi connectivity index (χ2n) is 7.29. The van der Waals surface area contributed by atoms with E-state index in [0.717, 1.165) is 22.3 Å². The van der Waals surface area contributed by atoms with Gasteiger partial charge in [0.25, 0.3) is 10.0 Å². The SMILES string of the molecule is COc1cc(-c2cccc3c2CCC3C(=O)NS(=O)(=O)c2ccccc2C)ccn1. The van der Waals surface area contributed by atoms with E-state index in [0.29, 0.717) is 24.3 Å². The first kappa shape index (κ1) is 20.1. The summed E-state index contributed by atoms with van der Waals surface area (Å²) in [5, 5.41) is 0. The number of hydrogen-bond acceptors (Lipinski definition) is 5. The zero-order valence-corrected chi connectivity index (χ0v) is 17.6. The second-order valence-corrected chi connectivity index (χ2v) is 8.94. The van der Waals surface area contributed by atoms with E-state index >= 15 is 0 Å². The zero-order chi connectivity index (χ0) is 21.3. The Labute approximate surface area is 176 Å². The summed E-state index contributed by atoms with van der Waals surface area (Å²) in [6, 6.07) is 16.2. The number of nitrogens with zero attached hydrogens (tertiary/aromatic N) is 1. The number of carbonyl (C=O) groups excluding carboxylic acids is 1. The molecule has 7 heteroatoms. The van der Waals surface area contributed by atoms with E-state index in [1.807, 2.05) is 30.3 Å². The summed E-state index contributed by atoms with van der Waals surface area (Å²) in [4.78, 5) is 17.2. The Balaban J connectivity index is 1.64. The molecular weight excluding hydrogens is 400 g/mol. The maximum atomic E-state index is 12.9. The van der Waals surface area contributed by atoms with Gasteiger partial charge in [0.2, 0.25) is 11.8 Å². The number of benzene rings is 2. The average Bonchev–Trinajstić information content (AvgIpc) is 3.18. The molecule has 1 unspecified atom stereocenters. The Bertz CT molecular complexity index is 1220. The number of hydrogen-bond donors (Lipinski definition) is 1. The normalized spacial score (nSPS) is 15.5. The minimum atomic E-state index is -3.93. The topological polar surface area (TPSA) is 85.4 Å². The molecule has 0 aliphatic heterocycles. The van der Waals surface area contributed by atoms with Gasteiger partial charge in [-0.2, -0.15) is 0 Å². The molecule has 30 heavy (non-hydrogen) atoms. The maximum absolute atomic E-state index is 12.9. The largest absolute Gasteiger partial charge is 0.481 e. The van der Waals surface area contributed by atoms with E-state index in [1.54, 1.807) is 38.4 Å². The Morgan fingerprint density at radius 3 is 2.70 bits per heavy atom. The summed E-state index contributed by atoms with van der Waals surface area (Å²) >= 11 is 0. The van der Waals surface area contributed by atoms with Gasteiger partial charge in [-0.25, -0.2) is 18.1 Å². The van der Waals surface area contributed by atoms with Crippen LogP contribution in [0.1, 0.15) is 29.0 Å². The molecule has 154 valence electrons. The molecule has 2 aromatic carbocycles. The van der Waals surface area contributed by atoms with Gasteiger partial charge in [0.1, 0.15) is 0 Å². The molecule has 1 atom stereocenters. The number of carbonyl (C=O) groups is 1. The van der Waals surface area contributed by atoms with Crippen LogP contribution in [-0.2, 0) is 21.2 Å². The number of nitrogens with one attached hydrogen (secondary N) is 1. The summed E-state index contributed by atoms with van der Waals surface area (Å²) < 4.78 is 33.0. The fraction of sp³-hybridized carbons (Fsp3) is 0.217. The first-order valence-corrected chi connectivity index (χ1v) is 11.1. The molecule has 0 saturated carbocycles. The van der Waals surface area contributed by atoms with E-state index in [-0.39, 0.29) is 4.90 Å². The summed E-state index contributed by atoms with van der Waals surface area (Å²) in [7, 11) is -2.36. The zero-order valence-electron chi connectivity index (χ0n) is 16.8. The third kappa shape index (κ3) is 3.68. The third-order valence-corrected chi connectivity index (χ3v) is 6.97. The molecule has 1 N–H and O–H groups in total. The molecule has 3 aromatic rings. The molecule has 0 fully saturated rings. The number of aromatic nitrogens is 1. The highest BCUT2D eigenvalue weighted by molar-refractivity contribution is 7.90. The monoisotopic (exact) mass is 422 g/mol. The minimum Gasteiger partial charge on any atom is -0.481 e. The molecule has 1 aliphatic carbocycles. The van der Waals surface area contributed by atoms with Gasteiger partial charge in [0, 0.05) is 12.3 Å². The van der Waals surface area contributed by atoms with Gasteiger partial charge in [-0.15, -0.1) is 0 Å². The van der Waals surface area contributed by atoms with E-state index in [1.165, 1.54) is 6.07 Å². The van der Waals surface area contributed by atoms with E-state index in [9.17, 15) is 13.2 Å². The quantitative estimate of drug-likeness (QED) is 0.679.